The molecule has 13 nitrogen and oxygen atoms in total. The Morgan fingerprint density at radius 2 is 1.70 bits per heavy atom. The lowest BCUT2D eigenvalue weighted by molar-refractivity contribution is -0.136. The van der Waals surface area contributed by atoms with Crippen LogP contribution in [-0.2, 0) is 16.1 Å². The summed E-state index contributed by atoms with van der Waals surface area (Å²) in [6.07, 6.45) is 3.60. The number of hydrogen-bond donors (Lipinski definition) is 4. The molecule has 274 valence electrons. The summed E-state index contributed by atoms with van der Waals surface area (Å²) in [4.78, 5) is 62.6. The fraction of sp³-hybridized carbons (Fsp3) is 0.316. The van der Waals surface area contributed by atoms with E-state index in [-0.39, 0.29) is 37.9 Å². The number of para-hydroxylation sites is 1. The largest absolute Gasteiger partial charge is 0.494 e. The van der Waals surface area contributed by atoms with Gasteiger partial charge in [0.25, 0.3) is 11.8 Å². The highest BCUT2D eigenvalue weighted by atomic mass is 35.5. The summed E-state index contributed by atoms with van der Waals surface area (Å²) in [7, 11) is 1.30. The molecule has 4 amide bonds. The van der Waals surface area contributed by atoms with Gasteiger partial charge in [-0.25, -0.2) is 4.98 Å². The van der Waals surface area contributed by atoms with Crippen LogP contribution in [0.15, 0.2) is 66.9 Å². The number of nitrogens with zero attached hydrogens (tertiary/aromatic N) is 4. The molecule has 1 atom stereocenters. The molecule has 0 aliphatic carbocycles. The van der Waals surface area contributed by atoms with Crippen molar-refractivity contribution in [1.29, 1.82) is 0 Å². The van der Waals surface area contributed by atoms with E-state index in [2.05, 4.69) is 61.6 Å². The third-order valence-electron chi connectivity index (χ3n) is 9.77. The van der Waals surface area contributed by atoms with Gasteiger partial charge in [-0.15, -0.1) is 0 Å². The van der Waals surface area contributed by atoms with Crippen molar-refractivity contribution in [3.8, 4) is 5.75 Å². The lowest BCUT2D eigenvalue weighted by atomic mass is 10.0. The van der Waals surface area contributed by atoms with Gasteiger partial charge in [-0.3, -0.25) is 29.4 Å². The molecule has 3 aliphatic rings. The van der Waals surface area contributed by atoms with Crippen molar-refractivity contribution in [2.24, 2.45) is 0 Å². The van der Waals surface area contributed by atoms with Crippen LogP contribution < -0.4 is 36.2 Å². The number of ether oxygens (including phenoxy) is 1. The number of carbonyl (C=O) groups excluding carboxylic acids is 4. The van der Waals surface area contributed by atoms with Gasteiger partial charge in [-0.2, -0.15) is 4.98 Å². The minimum atomic E-state index is -0.980. The predicted molar refractivity (Wildman–Crippen MR) is 207 cm³/mol. The van der Waals surface area contributed by atoms with Crippen LogP contribution in [0.4, 0.5) is 28.8 Å². The zero-order valence-corrected chi connectivity index (χ0v) is 31.3. The van der Waals surface area contributed by atoms with Crippen LogP contribution in [0.5, 0.6) is 5.75 Å². The second-order valence-corrected chi connectivity index (χ2v) is 16.1. The van der Waals surface area contributed by atoms with E-state index >= 15 is 0 Å². The average Bonchev–Trinajstić information content (AvgIpc) is 3.40. The number of methoxy groups -OCH3 is 1. The summed E-state index contributed by atoms with van der Waals surface area (Å²) in [5.41, 5.74) is 4.17. The number of imide groups is 2. The summed E-state index contributed by atoms with van der Waals surface area (Å²) in [6, 6.07) is 18.7. The second kappa shape index (κ2) is 15.5. The smallest absolute Gasteiger partial charge is 0.262 e. The Bertz CT molecular complexity index is 2090. The minimum absolute atomic E-state index is 0.0854. The lowest BCUT2D eigenvalue weighted by Crippen LogP contribution is -2.54. The average molecular weight is 755 g/mol. The van der Waals surface area contributed by atoms with Gasteiger partial charge in [0.05, 0.1) is 30.1 Å². The number of amides is 4. The van der Waals surface area contributed by atoms with Crippen LogP contribution in [0, 0.1) is 0 Å². The number of aromatic nitrogens is 2. The van der Waals surface area contributed by atoms with Crippen LogP contribution in [-0.4, -0.2) is 84.1 Å². The van der Waals surface area contributed by atoms with E-state index in [9.17, 15) is 19.2 Å². The molecule has 4 heterocycles. The first kappa shape index (κ1) is 36.3. The van der Waals surface area contributed by atoms with Gasteiger partial charge in [0, 0.05) is 49.5 Å². The van der Waals surface area contributed by atoms with Crippen molar-refractivity contribution in [3.63, 3.8) is 0 Å². The number of nitrogens with one attached hydrogen (secondary N) is 4. The molecule has 4 aromatic rings. The summed E-state index contributed by atoms with van der Waals surface area (Å²) >= 11 is 6.49. The van der Waals surface area contributed by atoms with Gasteiger partial charge in [-0.1, -0.05) is 43.8 Å². The van der Waals surface area contributed by atoms with Crippen molar-refractivity contribution in [3.05, 3.63) is 88.6 Å². The van der Waals surface area contributed by atoms with Gasteiger partial charge in [0.15, 0.2) is 5.82 Å². The van der Waals surface area contributed by atoms with Crippen molar-refractivity contribution in [2.45, 2.75) is 44.3 Å². The van der Waals surface area contributed by atoms with E-state index in [1.807, 2.05) is 36.4 Å². The van der Waals surface area contributed by atoms with Gasteiger partial charge in [0.2, 0.25) is 17.8 Å². The molecule has 0 saturated carbocycles. The molecule has 3 aliphatic heterocycles. The predicted octanol–water partition coefficient (Wildman–Crippen LogP) is 5.15. The maximum Gasteiger partial charge on any atom is 0.262 e. The molecule has 0 bridgehead atoms. The van der Waals surface area contributed by atoms with E-state index in [1.54, 1.807) is 25.4 Å². The molecule has 15 heteroatoms. The van der Waals surface area contributed by atoms with Crippen molar-refractivity contribution < 1.29 is 23.9 Å². The van der Waals surface area contributed by atoms with Crippen LogP contribution >= 0.6 is 19.5 Å². The quantitative estimate of drug-likeness (QED) is 0.119. The van der Waals surface area contributed by atoms with Gasteiger partial charge < -0.3 is 25.6 Å². The fourth-order valence-electron chi connectivity index (χ4n) is 6.94. The van der Waals surface area contributed by atoms with E-state index in [4.69, 9.17) is 16.3 Å². The Hall–Kier alpha value is -5.10. The number of halogens is 1. The second-order valence-electron chi connectivity index (χ2n) is 13.4. The van der Waals surface area contributed by atoms with Gasteiger partial charge in [0.1, 0.15) is 16.8 Å². The summed E-state index contributed by atoms with van der Waals surface area (Å²) in [5.74, 6) is -0.470. The van der Waals surface area contributed by atoms with Crippen molar-refractivity contribution in [2.75, 3.05) is 49.1 Å². The maximum atomic E-state index is 13.2. The highest BCUT2D eigenvalue weighted by molar-refractivity contribution is 7.64. The molecule has 0 radical (unpaired) electrons. The molecule has 0 spiro atoms. The molecule has 53 heavy (non-hydrogen) atoms. The first-order valence-electron chi connectivity index (χ1n) is 17.4. The molecule has 7 rings (SSSR count). The van der Waals surface area contributed by atoms with Crippen LogP contribution in [0.3, 0.4) is 0 Å². The van der Waals surface area contributed by atoms with Crippen molar-refractivity contribution >= 4 is 77.3 Å². The molecule has 2 fully saturated rings. The number of piperidine rings is 2. The normalized spacial score (nSPS) is 17.6. The number of rotatable bonds is 11. The first-order valence-corrected chi connectivity index (χ1v) is 20.0. The molecular weight excluding hydrogens is 715 g/mol. The molecule has 1 unspecified atom stereocenters. The SMILES string of the molecule is COc1cc(N2CCC(NCc3ccc4c(c3)C(=O)N(C3CCC(=O)NC3=O)C4=O)CC2)ccc1Nc1ncc(Cl)c(Nc2ccccc2P(C)C)n1. The molecule has 1 aromatic heterocycles. The lowest BCUT2D eigenvalue weighted by Gasteiger charge is -2.34. The van der Waals surface area contributed by atoms with Gasteiger partial charge in [-0.05, 0) is 73.8 Å². The molecule has 2 saturated heterocycles. The Balaban J connectivity index is 0.944. The highest BCUT2D eigenvalue weighted by Crippen LogP contribution is 2.35. The van der Waals surface area contributed by atoms with Crippen LogP contribution in [0.2, 0.25) is 5.02 Å². The Morgan fingerprint density at radius 3 is 2.45 bits per heavy atom. The van der Waals surface area contributed by atoms with Gasteiger partial charge >= 0.3 is 0 Å². The number of carbonyl (C=O) groups is 4. The fourth-order valence-corrected chi connectivity index (χ4v) is 8.08. The Morgan fingerprint density at radius 1 is 0.925 bits per heavy atom. The summed E-state index contributed by atoms with van der Waals surface area (Å²) < 4.78 is 5.77. The monoisotopic (exact) mass is 754 g/mol. The highest BCUT2D eigenvalue weighted by Gasteiger charge is 2.44. The maximum absolute atomic E-state index is 13.2. The third kappa shape index (κ3) is 7.69. The Labute approximate surface area is 313 Å². The zero-order valence-electron chi connectivity index (χ0n) is 29.6. The number of anilines is 5. The zero-order chi connectivity index (χ0) is 37.2. The summed E-state index contributed by atoms with van der Waals surface area (Å²) in [6.45, 7) is 6.60. The molecule has 3 aromatic carbocycles. The molecule has 4 N–H and O–H groups in total. The van der Waals surface area contributed by atoms with E-state index in [0.29, 0.717) is 29.1 Å². The topological polar surface area (TPSA) is 158 Å². The minimum Gasteiger partial charge on any atom is -0.494 e. The first-order chi connectivity index (χ1) is 25.6. The van der Waals surface area contributed by atoms with E-state index < -0.39 is 29.7 Å². The van der Waals surface area contributed by atoms with Crippen LogP contribution in [0.25, 0.3) is 0 Å². The van der Waals surface area contributed by atoms with E-state index in [0.717, 1.165) is 53.5 Å². The number of fused-ring (bicyclic) bond motifs is 1. The number of hydrogen-bond acceptors (Lipinski definition) is 11. The molecular formula is C38H40ClN8O5P. The standard InChI is InChI=1S/C38H40ClN8O5P/c1-52-31-19-24(9-11-28(31)43-38-41-21-27(39)34(45-38)42-29-6-4-5-7-32(29)53(2)3)46-16-14-23(15-17-46)40-20-22-8-10-25-26(18-22)37(51)47(36(25)50)30-12-13-33(48)44-35(30)49/h4-11,18-19,21,23,30,40H,12-17,20H2,1-3H3,(H,44,48,49)(H2,41,42,43,45). The number of benzene rings is 3. The summed E-state index contributed by atoms with van der Waals surface area (Å²) in [5, 5.41) is 14.1. The van der Waals surface area contributed by atoms with Crippen LogP contribution in [0.1, 0.15) is 52.0 Å². The van der Waals surface area contributed by atoms with E-state index in [1.165, 1.54) is 5.30 Å². The Kier molecular flexibility index (Phi) is 10.6. The third-order valence-corrected chi connectivity index (χ3v) is 11.4. The van der Waals surface area contributed by atoms with Crippen molar-refractivity contribution in [1.82, 2.24) is 25.5 Å².